The van der Waals surface area contributed by atoms with Crippen LogP contribution in [0.1, 0.15) is 36.2 Å². The molecule has 0 aliphatic rings. The van der Waals surface area contributed by atoms with Gasteiger partial charge < -0.3 is 5.32 Å². The highest BCUT2D eigenvalue weighted by atomic mass is 19.4. The normalized spacial score (nSPS) is 12.8. The predicted molar refractivity (Wildman–Crippen MR) is 105 cm³/mol. The van der Waals surface area contributed by atoms with Crippen molar-refractivity contribution < 1.29 is 26.7 Å². The molecule has 1 atom stereocenters. The van der Waals surface area contributed by atoms with E-state index in [0.717, 1.165) is 16.7 Å². The van der Waals surface area contributed by atoms with Crippen LogP contribution in [0.2, 0.25) is 0 Å². The molecule has 31 heavy (non-hydrogen) atoms. The van der Waals surface area contributed by atoms with Gasteiger partial charge >= 0.3 is 6.18 Å². The molecule has 0 fully saturated rings. The van der Waals surface area contributed by atoms with Gasteiger partial charge in [-0.3, -0.25) is 14.2 Å². The maximum Gasteiger partial charge on any atom is 0.438 e. The number of aromatic nitrogens is 2. The van der Waals surface area contributed by atoms with Crippen LogP contribution in [0.3, 0.4) is 0 Å². The molecule has 164 valence electrons. The highest BCUT2D eigenvalue weighted by molar-refractivity contribution is 5.95. The van der Waals surface area contributed by atoms with Crippen molar-refractivity contribution in [2.24, 2.45) is 0 Å². The van der Waals surface area contributed by atoms with E-state index in [1.54, 1.807) is 13.8 Å². The lowest BCUT2D eigenvalue weighted by Gasteiger charge is -2.22. The van der Waals surface area contributed by atoms with Crippen LogP contribution in [0.4, 0.5) is 27.6 Å². The number of carbonyl (C=O) groups is 1. The van der Waals surface area contributed by atoms with Gasteiger partial charge in [-0.05, 0) is 55.7 Å². The number of hydrogen-bond donors (Lipinski definition) is 1. The van der Waals surface area contributed by atoms with Crippen LogP contribution in [0.5, 0.6) is 0 Å². The Kier molecular flexibility index (Phi) is 5.84. The molecule has 0 aliphatic carbocycles. The number of carbonyl (C=O) groups excluding carboxylic acids is 1. The van der Waals surface area contributed by atoms with E-state index in [4.69, 9.17) is 0 Å². The van der Waals surface area contributed by atoms with Gasteiger partial charge in [-0.15, -0.1) is 0 Å². The third-order valence-corrected chi connectivity index (χ3v) is 4.96. The molecule has 3 aromatic rings. The molecule has 1 aromatic heterocycles. The summed E-state index contributed by atoms with van der Waals surface area (Å²) in [5.74, 6) is -2.84. The van der Waals surface area contributed by atoms with Gasteiger partial charge in [-0.1, -0.05) is 6.92 Å². The first-order valence-corrected chi connectivity index (χ1v) is 9.30. The van der Waals surface area contributed by atoms with Gasteiger partial charge in [-0.2, -0.15) is 13.2 Å². The maximum atomic E-state index is 13.9. The Morgan fingerprint density at radius 3 is 2.35 bits per heavy atom. The Morgan fingerprint density at radius 2 is 1.77 bits per heavy atom. The highest BCUT2D eigenvalue weighted by Gasteiger charge is 2.39. The molecule has 3 rings (SSSR count). The molecule has 1 heterocycles. The zero-order chi connectivity index (χ0) is 23.1. The maximum absolute atomic E-state index is 13.9. The number of nitrogens with zero attached hydrogens (tertiary/aromatic N) is 2. The minimum absolute atomic E-state index is 0.0441. The third kappa shape index (κ3) is 4.28. The van der Waals surface area contributed by atoms with Crippen molar-refractivity contribution >= 4 is 22.6 Å². The van der Waals surface area contributed by atoms with E-state index in [1.165, 1.54) is 19.1 Å². The monoisotopic (exact) mass is 439 g/mol. The number of nitrogens with one attached hydrogen (secondary N) is 1. The largest absolute Gasteiger partial charge is 0.438 e. The molecule has 0 saturated carbocycles. The summed E-state index contributed by atoms with van der Waals surface area (Å²) in [7, 11) is 0. The Hall–Kier alpha value is -3.30. The summed E-state index contributed by atoms with van der Waals surface area (Å²) >= 11 is 0. The van der Waals surface area contributed by atoms with Crippen LogP contribution < -0.4 is 10.9 Å². The molecule has 0 radical (unpaired) electrons. The Morgan fingerprint density at radius 1 is 1.13 bits per heavy atom. The summed E-state index contributed by atoms with van der Waals surface area (Å²) in [6.45, 7) is 4.88. The van der Waals surface area contributed by atoms with Crippen LogP contribution in [0.15, 0.2) is 35.1 Å². The van der Waals surface area contributed by atoms with Gasteiger partial charge in [-0.25, -0.2) is 13.8 Å². The van der Waals surface area contributed by atoms with Crippen molar-refractivity contribution in [3.63, 3.8) is 0 Å². The van der Waals surface area contributed by atoms with Crippen molar-refractivity contribution in [1.82, 2.24) is 9.55 Å². The predicted octanol–water partition coefficient (Wildman–Crippen LogP) is 4.90. The van der Waals surface area contributed by atoms with Crippen molar-refractivity contribution in [3.05, 3.63) is 69.1 Å². The number of halogens is 5. The zero-order valence-corrected chi connectivity index (χ0v) is 16.8. The topological polar surface area (TPSA) is 64.0 Å². The number of alkyl halides is 3. The second-order valence-electron chi connectivity index (χ2n) is 7.10. The lowest BCUT2D eigenvalue weighted by Crippen LogP contribution is -2.37. The van der Waals surface area contributed by atoms with Gasteiger partial charge in [0, 0.05) is 6.07 Å². The Balaban J connectivity index is 2.22. The minimum Gasteiger partial charge on any atom is -0.322 e. The number of rotatable bonds is 4. The summed E-state index contributed by atoms with van der Waals surface area (Å²) in [6, 6.07) is 3.94. The van der Waals surface area contributed by atoms with Crippen molar-refractivity contribution in [1.29, 1.82) is 0 Å². The van der Waals surface area contributed by atoms with E-state index in [2.05, 4.69) is 10.3 Å². The highest BCUT2D eigenvalue weighted by Crippen LogP contribution is 2.29. The molecular formula is C21H18F5N3O2. The number of anilines is 1. The SMILES string of the molecule is CC[C@H](C(=O)Nc1ccc(F)cc1F)n1c(=O)c(C(F)(F)F)nc2cc(C)c(C)cc21. The molecule has 0 bridgehead atoms. The molecule has 10 heteroatoms. The molecule has 2 aromatic carbocycles. The average Bonchev–Trinajstić information content (AvgIpc) is 2.66. The molecule has 1 N–H and O–H groups in total. The van der Waals surface area contributed by atoms with Crippen LogP contribution in [0, 0.1) is 25.5 Å². The molecule has 0 saturated heterocycles. The molecule has 0 spiro atoms. The third-order valence-electron chi connectivity index (χ3n) is 4.96. The molecular weight excluding hydrogens is 421 g/mol. The van der Waals surface area contributed by atoms with E-state index in [1.807, 2.05) is 0 Å². The smallest absolute Gasteiger partial charge is 0.322 e. The number of fused-ring (bicyclic) bond motifs is 1. The van der Waals surface area contributed by atoms with E-state index < -0.39 is 41.0 Å². The number of benzene rings is 2. The van der Waals surface area contributed by atoms with Gasteiger partial charge in [0.15, 0.2) is 0 Å². The fourth-order valence-corrected chi connectivity index (χ4v) is 3.25. The fraction of sp³-hybridized carbons (Fsp3) is 0.286. The summed E-state index contributed by atoms with van der Waals surface area (Å²) in [4.78, 5) is 29.1. The number of hydrogen-bond acceptors (Lipinski definition) is 3. The molecule has 1 amide bonds. The summed E-state index contributed by atoms with van der Waals surface area (Å²) < 4.78 is 68.2. The molecule has 0 unspecified atom stereocenters. The van der Waals surface area contributed by atoms with Crippen molar-refractivity contribution in [2.45, 2.75) is 39.4 Å². The van der Waals surface area contributed by atoms with E-state index in [9.17, 15) is 31.5 Å². The van der Waals surface area contributed by atoms with E-state index in [0.29, 0.717) is 17.2 Å². The van der Waals surface area contributed by atoms with Gasteiger partial charge in [0.25, 0.3) is 5.56 Å². The summed E-state index contributed by atoms with van der Waals surface area (Å²) in [5.41, 5.74) is -2.21. The van der Waals surface area contributed by atoms with Crippen molar-refractivity contribution in [3.8, 4) is 0 Å². The Labute approximate surface area is 173 Å². The quantitative estimate of drug-likeness (QED) is 0.588. The lowest BCUT2D eigenvalue weighted by molar-refractivity contribution is -0.142. The van der Waals surface area contributed by atoms with Gasteiger partial charge in [0.1, 0.15) is 17.7 Å². The summed E-state index contributed by atoms with van der Waals surface area (Å²) in [5, 5.41) is 2.22. The van der Waals surface area contributed by atoms with Crippen LogP contribution in [-0.4, -0.2) is 15.5 Å². The first kappa shape index (κ1) is 22.4. The average molecular weight is 439 g/mol. The minimum atomic E-state index is -5.04. The van der Waals surface area contributed by atoms with E-state index in [-0.39, 0.29) is 23.1 Å². The van der Waals surface area contributed by atoms with Gasteiger partial charge in [0.2, 0.25) is 11.6 Å². The van der Waals surface area contributed by atoms with Crippen LogP contribution >= 0.6 is 0 Å². The van der Waals surface area contributed by atoms with Gasteiger partial charge in [0.05, 0.1) is 16.7 Å². The van der Waals surface area contributed by atoms with Crippen LogP contribution in [-0.2, 0) is 11.0 Å². The van der Waals surface area contributed by atoms with Crippen molar-refractivity contribution in [2.75, 3.05) is 5.32 Å². The second kappa shape index (κ2) is 8.09. The zero-order valence-electron chi connectivity index (χ0n) is 16.8. The van der Waals surface area contributed by atoms with E-state index >= 15 is 0 Å². The molecule has 5 nitrogen and oxygen atoms in total. The number of aryl methyl sites for hydroxylation is 2. The standard InChI is InChI=1S/C21H18F5N3O2/c1-4-16(19(30)28-14-6-5-12(22)9-13(14)23)29-17-8-11(3)10(2)7-15(17)27-18(20(29)31)21(24,25)26/h5-9,16H,4H2,1-3H3,(H,28,30)/t16-/m1/s1. The lowest BCUT2D eigenvalue weighted by atomic mass is 10.1. The van der Waals surface area contributed by atoms with Crippen LogP contribution in [0.25, 0.3) is 11.0 Å². The first-order chi connectivity index (χ1) is 14.4. The fourth-order valence-electron chi connectivity index (χ4n) is 3.25. The Bertz CT molecular complexity index is 1230. The summed E-state index contributed by atoms with van der Waals surface area (Å²) in [6.07, 6.45) is -5.11. The second-order valence-corrected chi connectivity index (χ2v) is 7.10. The first-order valence-electron chi connectivity index (χ1n) is 9.30. The molecule has 0 aliphatic heterocycles. The number of amides is 1.